The number of halogens is 3. The Bertz CT molecular complexity index is 462. The number of likely N-dealkylation sites (N-methyl/N-ethyl adjacent to an activating group) is 1. The van der Waals surface area contributed by atoms with Gasteiger partial charge in [-0.15, -0.1) is 0 Å². The van der Waals surface area contributed by atoms with E-state index in [4.69, 9.17) is 10.6 Å². The van der Waals surface area contributed by atoms with Gasteiger partial charge in [-0.2, -0.15) is 13.2 Å². The molecule has 1 atom stereocenters. The van der Waals surface area contributed by atoms with E-state index in [9.17, 15) is 13.2 Å². The van der Waals surface area contributed by atoms with Gasteiger partial charge in [-0.1, -0.05) is 0 Å². The Morgan fingerprint density at radius 1 is 1.50 bits per heavy atom. The number of nitrogens with one attached hydrogen (secondary N) is 1. The zero-order valence-electron chi connectivity index (χ0n) is 10.9. The van der Waals surface area contributed by atoms with Crippen molar-refractivity contribution in [2.45, 2.75) is 25.1 Å². The lowest BCUT2D eigenvalue weighted by Crippen LogP contribution is -2.30. The summed E-state index contributed by atoms with van der Waals surface area (Å²) in [5.41, 5.74) is 2.12. The number of hydrogen-bond acceptors (Lipinski definition) is 6. The molecule has 1 aliphatic heterocycles. The van der Waals surface area contributed by atoms with Crippen molar-refractivity contribution in [2.75, 3.05) is 30.5 Å². The van der Waals surface area contributed by atoms with Crippen molar-refractivity contribution in [2.24, 2.45) is 5.84 Å². The van der Waals surface area contributed by atoms with Gasteiger partial charge in [-0.25, -0.2) is 15.8 Å². The van der Waals surface area contributed by atoms with Gasteiger partial charge in [0.05, 0.1) is 6.10 Å². The minimum atomic E-state index is -4.62. The van der Waals surface area contributed by atoms with E-state index >= 15 is 0 Å². The highest BCUT2D eigenvalue weighted by atomic mass is 19.4. The molecule has 112 valence electrons. The van der Waals surface area contributed by atoms with Crippen molar-refractivity contribution in [3.63, 3.8) is 0 Å². The van der Waals surface area contributed by atoms with Gasteiger partial charge in [0.15, 0.2) is 0 Å². The summed E-state index contributed by atoms with van der Waals surface area (Å²) in [4.78, 5) is 8.45. The minimum Gasteiger partial charge on any atom is -0.376 e. The number of nitrogens with zero attached hydrogens (tertiary/aromatic N) is 3. The lowest BCUT2D eigenvalue weighted by atomic mass is 10.2. The maximum atomic E-state index is 12.7. The molecule has 2 heterocycles. The first-order valence-corrected chi connectivity index (χ1v) is 6.16. The highest BCUT2D eigenvalue weighted by Gasteiger charge is 2.36. The highest BCUT2D eigenvalue weighted by molar-refractivity contribution is 5.48. The van der Waals surface area contributed by atoms with E-state index in [-0.39, 0.29) is 17.7 Å². The molecule has 0 aliphatic carbocycles. The Morgan fingerprint density at radius 3 is 2.80 bits per heavy atom. The molecule has 0 saturated carbocycles. The van der Waals surface area contributed by atoms with Crippen LogP contribution >= 0.6 is 0 Å². The molecule has 9 heteroatoms. The second kappa shape index (κ2) is 5.80. The number of nitrogen functional groups attached to an aromatic ring is 1. The third kappa shape index (κ3) is 3.48. The maximum absolute atomic E-state index is 12.7. The first-order chi connectivity index (χ1) is 9.40. The average molecular weight is 291 g/mol. The molecule has 0 bridgehead atoms. The minimum absolute atomic E-state index is 0.0126. The molecule has 6 nitrogen and oxygen atoms in total. The number of anilines is 2. The fraction of sp³-hybridized carbons (Fsp3) is 0.636. The van der Waals surface area contributed by atoms with Crippen molar-refractivity contribution in [1.29, 1.82) is 0 Å². The van der Waals surface area contributed by atoms with E-state index in [1.807, 2.05) is 0 Å². The number of rotatable bonds is 4. The molecule has 0 aromatic carbocycles. The second-order valence-electron chi connectivity index (χ2n) is 4.59. The van der Waals surface area contributed by atoms with Crippen molar-refractivity contribution < 1.29 is 17.9 Å². The molecule has 2 rings (SSSR count). The van der Waals surface area contributed by atoms with Crippen LogP contribution in [0.2, 0.25) is 0 Å². The summed E-state index contributed by atoms with van der Waals surface area (Å²) in [7, 11) is 1.66. The van der Waals surface area contributed by atoms with E-state index < -0.39 is 12.0 Å². The number of hydrazine groups is 1. The standard InChI is InChI=1S/C11H16F3N5O/c1-19(6-7-3-2-4-20-7)9-5-8(18-15)16-10(17-9)11(12,13)14/h5,7H,2-4,6,15H2,1H3,(H,16,17,18). The summed E-state index contributed by atoms with van der Waals surface area (Å²) in [5.74, 6) is 3.99. The Hall–Kier alpha value is -1.61. The number of ether oxygens (including phenoxy) is 1. The molecule has 1 fully saturated rings. The molecular formula is C11H16F3N5O. The first kappa shape index (κ1) is 14.8. The summed E-state index contributed by atoms with van der Waals surface area (Å²) in [6.45, 7) is 1.16. The Balaban J connectivity index is 2.20. The second-order valence-corrected chi connectivity index (χ2v) is 4.59. The van der Waals surface area contributed by atoms with Gasteiger partial charge < -0.3 is 15.1 Å². The number of hydrogen-bond donors (Lipinski definition) is 2. The Kier molecular flexibility index (Phi) is 4.29. The smallest absolute Gasteiger partial charge is 0.376 e. The number of alkyl halides is 3. The maximum Gasteiger partial charge on any atom is 0.451 e. The normalized spacial score (nSPS) is 19.1. The predicted molar refractivity (Wildman–Crippen MR) is 67.1 cm³/mol. The van der Waals surface area contributed by atoms with Crippen molar-refractivity contribution >= 4 is 11.6 Å². The van der Waals surface area contributed by atoms with Crippen LogP contribution in [0.3, 0.4) is 0 Å². The van der Waals surface area contributed by atoms with E-state index in [0.717, 1.165) is 12.8 Å². The molecular weight excluding hydrogens is 275 g/mol. The summed E-state index contributed by atoms with van der Waals surface area (Å²) in [6.07, 6.45) is -2.75. The fourth-order valence-corrected chi connectivity index (χ4v) is 2.02. The third-order valence-electron chi connectivity index (χ3n) is 3.01. The molecule has 0 radical (unpaired) electrons. The van der Waals surface area contributed by atoms with Gasteiger partial charge in [0.2, 0.25) is 5.82 Å². The van der Waals surface area contributed by atoms with Crippen LogP contribution in [0.5, 0.6) is 0 Å². The molecule has 1 aromatic heterocycles. The van der Waals surface area contributed by atoms with Crippen LogP contribution in [0.25, 0.3) is 0 Å². The lowest BCUT2D eigenvalue weighted by Gasteiger charge is -2.22. The van der Waals surface area contributed by atoms with E-state index in [2.05, 4.69) is 15.4 Å². The number of nitrogens with two attached hydrogens (primary N) is 1. The van der Waals surface area contributed by atoms with Crippen molar-refractivity contribution in [1.82, 2.24) is 9.97 Å². The SMILES string of the molecule is CN(CC1CCCO1)c1cc(NN)nc(C(F)(F)F)n1. The summed E-state index contributed by atoms with van der Waals surface area (Å²) in [6, 6.07) is 1.37. The third-order valence-corrected chi connectivity index (χ3v) is 3.01. The zero-order valence-corrected chi connectivity index (χ0v) is 10.9. The largest absolute Gasteiger partial charge is 0.451 e. The topological polar surface area (TPSA) is 76.3 Å². The summed E-state index contributed by atoms with van der Waals surface area (Å²) >= 11 is 0. The fourth-order valence-electron chi connectivity index (χ4n) is 2.02. The van der Waals surface area contributed by atoms with E-state index in [0.29, 0.717) is 13.2 Å². The van der Waals surface area contributed by atoms with Crippen LogP contribution in [0, 0.1) is 0 Å². The van der Waals surface area contributed by atoms with Crippen LogP contribution in [-0.2, 0) is 10.9 Å². The van der Waals surface area contributed by atoms with Gasteiger partial charge in [0.25, 0.3) is 0 Å². The molecule has 20 heavy (non-hydrogen) atoms. The van der Waals surface area contributed by atoms with Crippen LogP contribution < -0.4 is 16.2 Å². The van der Waals surface area contributed by atoms with Crippen molar-refractivity contribution in [3.8, 4) is 0 Å². The van der Waals surface area contributed by atoms with E-state index in [1.54, 1.807) is 11.9 Å². The van der Waals surface area contributed by atoms with Crippen LogP contribution in [0.4, 0.5) is 24.8 Å². The average Bonchev–Trinajstić information content (AvgIpc) is 2.90. The monoisotopic (exact) mass is 291 g/mol. The first-order valence-electron chi connectivity index (χ1n) is 6.16. The lowest BCUT2D eigenvalue weighted by molar-refractivity contribution is -0.144. The van der Waals surface area contributed by atoms with E-state index in [1.165, 1.54) is 6.07 Å². The Labute approximate surface area is 114 Å². The molecule has 1 aliphatic rings. The number of aromatic nitrogens is 2. The summed E-state index contributed by atoms with van der Waals surface area (Å²) < 4.78 is 43.6. The molecule has 1 aromatic rings. The van der Waals surface area contributed by atoms with Crippen molar-refractivity contribution in [3.05, 3.63) is 11.9 Å². The molecule has 1 saturated heterocycles. The highest BCUT2D eigenvalue weighted by Crippen LogP contribution is 2.29. The van der Waals surface area contributed by atoms with Gasteiger partial charge in [0.1, 0.15) is 11.6 Å². The van der Waals surface area contributed by atoms with Gasteiger partial charge >= 0.3 is 6.18 Å². The van der Waals surface area contributed by atoms with Crippen LogP contribution in [-0.4, -0.2) is 36.3 Å². The molecule has 0 amide bonds. The van der Waals surface area contributed by atoms with Crippen LogP contribution in [0.1, 0.15) is 18.7 Å². The van der Waals surface area contributed by atoms with Gasteiger partial charge in [0, 0.05) is 26.3 Å². The van der Waals surface area contributed by atoms with Crippen LogP contribution in [0.15, 0.2) is 6.07 Å². The van der Waals surface area contributed by atoms with Gasteiger partial charge in [-0.05, 0) is 12.8 Å². The molecule has 1 unspecified atom stereocenters. The van der Waals surface area contributed by atoms with Gasteiger partial charge in [-0.3, -0.25) is 0 Å². The zero-order chi connectivity index (χ0) is 14.8. The predicted octanol–water partition coefficient (Wildman–Crippen LogP) is 1.40. The quantitative estimate of drug-likeness (QED) is 0.645. The Morgan fingerprint density at radius 2 is 2.25 bits per heavy atom. The summed E-state index contributed by atoms with van der Waals surface area (Å²) in [5, 5.41) is 0. The molecule has 3 N–H and O–H groups in total. The molecule has 0 spiro atoms.